The van der Waals surface area contributed by atoms with Crippen LogP contribution in [-0.4, -0.2) is 26.9 Å². The number of phenols is 1. The van der Waals surface area contributed by atoms with Gasteiger partial charge in [0.1, 0.15) is 5.75 Å². The van der Waals surface area contributed by atoms with Crippen LogP contribution in [0.2, 0.25) is 0 Å². The Labute approximate surface area is 168 Å². The molecule has 0 aliphatic rings. The third kappa shape index (κ3) is 3.99. The molecule has 30 heavy (non-hydrogen) atoms. The molecule has 0 unspecified atom stereocenters. The molecular weight excluding hydrogens is 396 g/mol. The smallest absolute Gasteiger partial charge is 0.326 e. The number of imide groups is 1. The number of phenolic OH excluding ortho intramolecular Hbond substituents is 1. The van der Waals surface area contributed by atoms with Crippen LogP contribution in [0.25, 0.3) is 10.8 Å². The summed E-state index contributed by atoms with van der Waals surface area (Å²) in [5.74, 6) is -1.22. The van der Waals surface area contributed by atoms with Crippen molar-refractivity contribution in [1.29, 1.82) is 0 Å². The molecular formula is C19H14N4O7. The van der Waals surface area contributed by atoms with Crippen molar-refractivity contribution in [2.24, 2.45) is 0 Å². The van der Waals surface area contributed by atoms with Crippen LogP contribution in [0.15, 0.2) is 48.5 Å². The Morgan fingerprint density at radius 3 is 2.17 bits per heavy atom. The molecule has 3 rings (SSSR count). The number of nitro benzene ring substituents is 2. The van der Waals surface area contributed by atoms with Crippen LogP contribution in [-0.2, 0) is 0 Å². The van der Waals surface area contributed by atoms with E-state index in [0.29, 0.717) is 10.9 Å². The van der Waals surface area contributed by atoms with E-state index in [9.17, 15) is 34.9 Å². The molecule has 0 fully saturated rings. The number of rotatable bonds is 4. The van der Waals surface area contributed by atoms with Gasteiger partial charge in [-0.1, -0.05) is 24.3 Å². The Balaban J connectivity index is 1.84. The Morgan fingerprint density at radius 1 is 0.967 bits per heavy atom. The highest BCUT2D eigenvalue weighted by atomic mass is 16.6. The molecule has 0 spiro atoms. The number of nitrogens with one attached hydrogen (secondary N) is 2. The van der Waals surface area contributed by atoms with Gasteiger partial charge in [-0.15, -0.1) is 0 Å². The van der Waals surface area contributed by atoms with Crippen molar-refractivity contribution < 1.29 is 24.5 Å². The van der Waals surface area contributed by atoms with Gasteiger partial charge < -0.3 is 10.4 Å². The average molecular weight is 410 g/mol. The number of aromatic hydroxyl groups is 1. The lowest BCUT2D eigenvalue weighted by Crippen LogP contribution is -2.34. The zero-order valence-electron chi connectivity index (χ0n) is 15.4. The van der Waals surface area contributed by atoms with Crippen LogP contribution in [0.5, 0.6) is 5.75 Å². The fourth-order valence-corrected chi connectivity index (χ4v) is 2.90. The summed E-state index contributed by atoms with van der Waals surface area (Å²) in [6.07, 6.45) is 0. The Morgan fingerprint density at radius 2 is 1.57 bits per heavy atom. The topological polar surface area (TPSA) is 165 Å². The standard InChI is InChI=1S/C19H14N4O7/c1-10-15-5-3-2-4-11(15)6-16(17(10)24)18(25)21-19(26)20-12-7-13(22(27)28)9-14(8-12)23(29)30/h2-9,24H,1H3,(H2,20,21,25,26). The molecule has 11 nitrogen and oxygen atoms in total. The van der Waals surface area contributed by atoms with Crippen molar-refractivity contribution >= 4 is 39.8 Å². The van der Waals surface area contributed by atoms with Crippen LogP contribution in [0.1, 0.15) is 15.9 Å². The van der Waals surface area contributed by atoms with Gasteiger partial charge in [-0.05, 0) is 29.3 Å². The van der Waals surface area contributed by atoms with Crippen LogP contribution >= 0.6 is 0 Å². The number of aryl methyl sites for hydroxylation is 1. The Kier molecular flexibility index (Phi) is 5.27. The molecule has 0 bridgehead atoms. The molecule has 0 saturated heterocycles. The number of nitro groups is 2. The van der Waals surface area contributed by atoms with E-state index in [2.05, 4.69) is 5.32 Å². The lowest BCUT2D eigenvalue weighted by Gasteiger charge is -2.11. The Hall–Kier alpha value is -4.54. The van der Waals surface area contributed by atoms with E-state index in [1.165, 1.54) is 6.07 Å². The van der Waals surface area contributed by atoms with Gasteiger partial charge in [0.25, 0.3) is 17.3 Å². The highest BCUT2D eigenvalue weighted by Gasteiger charge is 2.20. The number of nitrogens with zero attached hydrogens (tertiary/aromatic N) is 2. The Bertz CT molecular complexity index is 1190. The fourth-order valence-electron chi connectivity index (χ4n) is 2.90. The number of carbonyl (C=O) groups excluding carboxylic acids is 2. The van der Waals surface area contributed by atoms with E-state index >= 15 is 0 Å². The molecule has 11 heteroatoms. The summed E-state index contributed by atoms with van der Waals surface area (Å²) in [5.41, 5.74) is -1.15. The number of non-ortho nitro benzene ring substituents is 2. The molecule has 3 aromatic carbocycles. The first-order valence-electron chi connectivity index (χ1n) is 8.45. The molecule has 0 aliphatic carbocycles. The predicted molar refractivity (Wildman–Crippen MR) is 107 cm³/mol. The van der Waals surface area contributed by atoms with E-state index in [-0.39, 0.29) is 17.0 Å². The van der Waals surface area contributed by atoms with Crippen LogP contribution in [0.3, 0.4) is 0 Å². The summed E-state index contributed by atoms with van der Waals surface area (Å²) < 4.78 is 0. The third-order valence-electron chi connectivity index (χ3n) is 4.33. The lowest BCUT2D eigenvalue weighted by atomic mass is 10.00. The van der Waals surface area contributed by atoms with Gasteiger partial charge in [0, 0.05) is 12.1 Å². The number of anilines is 1. The molecule has 0 saturated carbocycles. The minimum atomic E-state index is -1.08. The maximum Gasteiger partial charge on any atom is 0.326 e. The van der Waals surface area contributed by atoms with Crippen LogP contribution < -0.4 is 10.6 Å². The van der Waals surface area contributed by atoms with Gasteiger partial charge >= 0.3 is 6.03 Å². The molecule has 3 aromatic rings. The summed E-state index contributed by atoms with van der Waals surface area (Å²) in [4.78, 5) is 44.8. The predicted octanol–water partition coefficient (Wildman–Crippen LogP) is 3.63. The zero-order valence-corrected chi connectivity index (χ0v) is 15.4. The number of carbonyl (C=O) groups is 2. The number of benzene rings is 3. The van der Waals surface area contributed by atoms with E-state index in [0.717, 1.165) is 23.6 Å². The second kappa shape index (κ2) is 7.83. The number of urea groups is 1. The first kappa shape index (κ1) is 20.2. The monoisotopic (exact) mass is 410 g/mol. The number of hydrogen-bond acceptors (Lipinski definition) is 7. The molecule has 0 atom stereocenters. The van der Waals surface area contributed by atoms with Crippen LogP contribution in [0, 0.1) is 27.2 Å². The summed E-state index contributed by atoms with van der Waals surface area (Å²) in [6.45, 7) is 1.62. The molecule has 0 aromatic heterocycles. The summed E-state index contributed by atoms with van der Waals surface area (Å²) in [7, 11) is 0. The summed E-state index contributed by atoms with van der Waals surface area (Å²) in [5, 5.41) is 37.7. The highest BCUT2D eigenvalue weighted by molar-refractivity contribution is 6.11. The number of hydrogen-bond donors (Lipinski definition) is 3. The maximum atomic E-state index is 12.5. The second-order valence-corrected chi connectivity index (χ2v) is 6.28. The fraction of sp³-hybridized carbons (Fsp3) is 0.0526. The molecule has 0 heterocycles. The van der Waals surface area contributed by atoms with Crippen molar-refractivity contribution in [2.75, 3.05) is 5.32 Å². The summed E-state index contributed by atoms with van der Waals surface area (Å²) in [6, 6.07) is 9.93. The molecule has 3 N–H and O–H groups in total. The number of fused-ring (bicyclic) bond motifs is 1. The van der Waals surface area contributed by atoms with E-state index in [1.54, 1.807) is 31.2 Å². The minimum Gasteiger partial charge on any atom is -0.507 e. The van der Waals surface area contributed by atoms with Gasteiger partial charge in [-0.25, -0.2) is 4.79 Å². The zero-order chi connectivity index (χ0) is 22.0. The van der Waals surface area contributed by atoms with Crippen LogP contribution in [0.4, 0.5) is 21.9 Å². The molecule has 0 radical (unpaired) electrons. The van der Waals surface area contributed by atoms with Gasteiger partial charge in [-0.3, -0.25) is 30.3 Å². The van der Waals surface area contributed by atoms with Crippen molar-refractivity contribution in [3.8, 4) is 5.75 Å². The maximum absolute atomic E-state index is 12.5. The van der Waals surface area contributed by atoms with Gasteiger partial charge in [0.05, 0.1) is 27.2 Å². The largest absolute Gasteiger partial charge is 0.507 e. The van der Waals surface area contributed by atoms with Gasteiger partial charge in [-0.2, -0.15) is 0 Å². The van der Waals surface area contributed by atoms with Crippen molar-refractivity contribution in [2.45, 2.75) is 6.92 Å². The third-order valence-corrected chi connectivity index (χ3v) is 4.33. The van der Waals surface area contributed by atoms with E-state index in [1.807, 2.05) is 5.32 Å². The normalized spacial score (nSPS) is 10.4. The molecule has 3 amide bonds. The van der Waals surface area contributed by atoms with Gasteiger partial charge in [0.2, 0.25) is 0 Å². The SMILES string of the molecule is Cc1c(O)c(C(=O)NC(=O)Nc2cc([N+](=O)[O-])cc([N+](=O)[O-])c2)cc2ccccc12. The first-order chi connectivity index (χ1) is 14.2. The lowest BCUT2D eigenvalue weighted by molar-refractivity contribution is -0.394. The molecule has 0 aliphatic heterocycles. The highest BCUT2D eigenvalue weighted by Crippen LogP contribution is 2.30. The quantitative estimate of drug-likeness (QED) is 0.436. The summed E-state index contributed by atoms with van der Waals surface area (Å²) >= 11 is 0. The van der Waals surface area contributed by atoms with E-state index < -0.39 is 33.2 Å². The molecule has 152 valence electrons. The van der Waals surface area contributed by atoms with Crippen molar-refractivity contribution in [3.63, 3.8) is 0 Å². The second-order valence-electron chi connectivity index (χ2n) is 6.28. The van der Waals surface area contributed by atoms with E-state index in [4.69, 9.17) is 0 Å². The average Bonchev–Trinajstić information content (AvgIpc) is 2.70. The van der Waals surface area contributed by atoms with Gasteiger partial charge in [0.15, 0.2) is 0 Å². The van der Waals surface area contributed by atoms with Crippen molar-refractivity contribution in [3.05, 3.63) is 79.9 Å². The first-order valence-corrected chi connectivity index (χ1v) is 8.45. The van der Waals surface area contributed by atoms with Crippen molar-refractivity contribution in [1.82, 2.24) is 5.32 Å². The number of amides is 3. The minimum absolute atomic E-state index is 0.147.